The van der Waals surface area contributed by atoms with E-state index in [1.165, 1.54) is 11.1 Å². The van der Waals surface area contributed by atoms with E-state index in [9.17, 15) is 4.79 Å². The average molecular weight is 393 g/mol. The third-order valence-corrected chi connectivity index (χ3v) is 6.92. The quantitative estimate of drug-likeness (QED) is 0.814. The Morgan fingerprint density at radius 2 is 1.72 bits per heavy atom. The number of ether oxygens (including phenoxy) is 1. The number of carbonyl (C=O) groups excluding carboxylic acids is 1. The van der Waals surface area contributed by atoms with Crippen LogP contribution in [-0.4, -0.2) is 49.7 Å². The molecule has 4 nitrogen and oxygen atoms in total. The van der Waals surface area contributed by atoms with Crippen molar-refractivity contribution < 1.29 is 9.53 Å². The highest BCUT2D eigenvalue weighted by molar-refractivity contribution is 5.78. The van der Waals surface area contributed by atoms with Crippen LogP contribution in [0.15, 0.2) is 60.7 Å². The molecule has 0 unspecified atom stereocenters. The van der Waals surface area contributed by atoms with Crippen molar-refractivity contribution in [3.63, 3.8) is 0 Å². The van der Waals surface area contributed by atoms with E-state index in [0.29, 0.717) is 25.0 Å². The molecule has 2 heterocycles. The molecule has 2 aromatic carbocycles. The molecule has 0 aliphatic carbocycles. The van der Waals surface area contributed by atoms with Crippen LogP contribution in [0.5, 0.6) is 0 Å². The Hall–Kier alpha value is -2.17. The fraction of sp³-hybridized carbons (Fsp3) is 0.480. The molecule has 1 N–H and O–H groups in total. The number of nitrogens with one attached hydrogen (secondary N) is 1. The Morgan fingerprint density at radius 1 is 1.07 bits per heavy atom. The minimum atomic E-state index is -0.0155. The van der Waals surface area contributed by atoms with Crippen LogP contribution in [0.1, 0.15) is 43.2 Å². The summed E-state index contributed by atoms with van der Waals surface area (Å²) >= 11 is 0. The molecule has 2 aliphatic heterocycles. The molecule has 2 fully saturated rings. The Labute approximate surface area is 174 Å². The summed E-state index contributed by atoms with van der Waals surface area (Å²) in [4.78, 5) is 15.1. The van der Waals surface area contributed by atoms with Crippen LogP contribution in [0.25, 0.3) is 0 Å². The van der Waals surface area contributed by atoms with Crippen molar-refractivity contribution in [1.82, 2.24) is 10.2 Å². The Kier molecular flexibility index (Phi) is 6.31. The molecule has 0 spiro atoms. The maximum absolute atomic E-state index is 12.8. The number of likely N-dealkylation sites (tertiary alicyclic amines) is 1. The number of carbonyl (C=O) groups is 1. The van der Waals surface area contributed by atoms with Gasteiger partial charge in [-0.25, -0.2) is 0 Å². The number of hydrogen-bond donors (Lipinski definition) is 1. The van der Waals surface area contributed by atoms with Crippen molar-refractivity contribution in [2.45, 2.75) is 43.6 Å². The summed E-state index contributed by atoms with van der Waals surface area (Å²) in [6, 6.07) is 21.7. The third kappa shape index (κ3) is 4.54. The fourth-order valence-corrected chi connectivity index (χ4v) is 5.00. The second kappa shape index (κ2) is 9.10. The first-order chi connectivity index (χ1) is 14.2. The van der Waals surface area contributed by atoms with Gasteiger partial charge in [0.15, 0.2) is 0 Å². The van der Waals surface area contributed by atoms with Gasteiger partial charge in [0, 0.05) is 37.1 Å². The first-order valence-electron chi connectivity index (χ1n) is 10.9. The topological polar surface area (TPSA) is 41.6 Å². The van der Waals surface area contributed by atoms with Crippen LogP contribution < -0.4 is 5.32 Å². The van der Waals surface area contributed by atoms with E-state index in [1.54, 1.807) is 0 Å². The number of benzene rings is 2. The van der Waals surface area contributed by atoms with Gasteiger partial charge in [0.25, 0.3) is 0 Å². The molecular formula is C25H32N2O2. The zero-order valence-electron chi connectivity index (χ0n) is 17.3. The van der Waals surface area contributed by atoms with Crippen LogP contribution in [-0.2, 0) is 14.9 Å². The maximum atomic E-state index is 12.8. The third-order valence-electron chi connectivity index (χ3n) is 6.92. The summed E-state index contributed by atoms with van der Waals surface area (Å²) in [5, 5.41) is 3.26. The van der Waals surface area contributed by atoms with Gasteiger partial charge in [-0.2, -0.15) is 0 Å². The van der Waals surface area contributed by atoms with Gasteiger partial charge < -0.3 is 10.1 Å². The van der Waals surface area contributed by atoms with Crippen molar-refractivity contribution in [2.75, 3.05) is 32.8 Å². The molecule has 2 saturated heterocycles. The lowest BCUT2D eigenvalue weighted by atomic mass is 9.74. The molecule has 4 rings (SSSR count). The smallest absolute Gasteiger partial charge is 0.234 e. The summed E-state index contributed by atoms with van der Waals surface area (Å²) in [5.74, 6) is 0.641. The lowest BCUT2D eigenvalue weighted by molar-refractivity contribution is -0.122. The van der Waals surface area contributed by atoms with E-state index in [4.69, 9.17) is 4.74 Å². The molecule has 154 valence electrons. The van der Waals surface area contributed by atoms with E-state index >= 15 is 0 Å². The van der Waals surface area contributed by atoms with Crippen molar-refractivity contribution >= 4 is 5.91 Å². The van der Waals surface area contributed by atoms with Gasteiger partial charge in [0.2, 0.25) is 5.91 Å². The largest absolute Gasteiger partial charge is 0.381 e. The minimum absolute atomic E-state index is 0.0155. The van der Waals surface area contributed by atoms with Gasteiger partial charge in [0.05, 0.1) is 6.54 Å². The van der Waals surface area contributed by atoms with Crippen molar-refractivity contribution in [2.24, 2.45) is 0 Å². The SMILES string of the molecule is C[C@H]1[C@@H](c2ccccc2)CCN1CC(=O)NCC1(c2ccccc2)CCOCC1. The number of hydrogen-bond acceptors (Lipinski definition) is 3. The van der Waals surface area contributed by atoms with E-state index in [-0.39, 0.29) is 11.3 Å². The molecule has 2 aromatic rings. The molecule has 0 bridgehead atoms. The molecular weight excluding hydrogens is 360 g/mol. The number of amides is 1. The lowest BCUT2D eigenvalue weighted by Crippen LogP contribution is -2.47. The summed E-state index contributed by atoms with van der Waals surface area (Å²) < 4.78 is 5.61. The van der Waals surface area contributed by atoms with E-state index in [1.807, 2.05) is 6.07 Å². The van der Waals surface area contributed by atoms with Crippen LogP contribution in [0.2, 0.25) is 0 Å². The number of rotatable bonds is 6. The van der Waals surface area contributed by atoms with Crippen LogP contribution in [0.3, 0.4) is 0 Å². The highest BCUT2D eigenvalue weighted by Crippen LogP contribution is 2.35. The Morgan fingerprint density at radius 3 is 2.41 bits per heavy atom. The monoisotopic (exact) mass is 392 g/mol. The highest BCUT2D eigenvalue weighted by atomic mass is 16.5. The highest BCUT2D eigenvalue weighted by Gasteiger charge is 2.36. The molecule has 0 radical (unpaired) electrons. The van der Waals surface area contributed by atoms with Crippen molar-refractivity contribution in [1.29, 1.82) is 0 Å². The van der Waals surface area contributed by atoms with Gasteiger partial charge in [-0.05, 0) is 43.9 Å². The second-order valence-corrected chi connectivity index (χ2v) is 8.55. The van der Waals surface area contributed by atoms with Gasteiger partial charge >= 0.3 is 0 Å². The van der Waals surface area contributed by atoms with Crippen molar-refractivity contribution in [3.8, 4) is 0 Å². The second-order valence-electron chi connectivity index (χ2n) is 8.55. The number of nitrogens with zero attached hydrogens (tertiary/aromatic N) is 1. The summed E-state index contributed by atoms with van der Waals surface area (Å²) in [5.41, 5.74) is 2.67. The first-order valence-corrected chi connectivity index (χ1v) is 10.9. The van der Waals surface area contributed by atoms with Crippen LogP contribution >= 0.6 is 0 Å². The summed E-state index contributed by atoms with van der Waals surface area (Å²) in [6.07, 6.45) is 3.02. The fourth-order valence-electron chi connectivity index (χ4n) is 5.00. The normalized spacial score (nSPS) is 24.3. The van der Waals surface area contributed by atoms with Gasteiger partial charge in [-0.15, -0.1) is 0 Å². The summed E-state index contributed by atoms with van der Waals surface area (Å²) in [7, 11) is 0. The standard InChI is InChI=1S/C25H32N2O2/c1-20-23(21-8-4-2-5-9-21)12-15-27(20)18-24(28)26-19-25(13-16-29-17-14-25)22-10-6-3-7-11-22/h2-11,20,23H,12-19H2,1H3,(H,26,28)/t20-,23-/m0/s1. The van der Waals surface area contributed by atoms with Gasteiger partial charge in [-0.1, -0.05) is 60.7 Å². The first kappa shape index (κ1) is 20.1. The predicted octanol–water partition coefficient (Wildman–Crippen LogP) is 3.73. The molecule has 29 heavy (non-hydrogen) atoms. The van der Waals surface area contributed by atoms with Crippen molar-refractivity contribution in [3.05, 3.63) is 71.8 Å². The Balaban J connectivity index is 1.36. The van der Waals surface area contributed by atoms with Crippen LogP contribution in [0.4, 0.5) is 0 Å². The predicted molar refractivity (Wildman–Crippen MR) is 116 cm³/mol. The molecule has 4 heteroatoms. The average Bonchev–Trinajstić information content (AvgIpc) is 3.14. The molecule has 0 aromatic heterocycles. The van der Waals surface area contributed by atoms with Gasteiger partial charge in [-0.3, -0.25) is 9.69 Å². The van der Waals surface area contributed by atoms with Crippen LogP contribution in [0, 0.1) is 0 Å². The van der Waals surface area contributed by atoms with E-state index < -0.39 is 0 Å². The zero-order valence-corrected chi connectivity index (χ0v) is 17.3. The van der Waals surface area contributed by atoms with Gasteiger partial charge in [0.1, 0.15) is 0 Å². The molecule has 1 amide bonds. The molecule has 2 aliphatic rings. The molecule has 2 atom stereocenters. The lowest BCUT2D eigenvalue weighted by Gasteiger charge is -2.38. The van der Waals surface area contributed by atoms with E-state index in [0.717, 1.165) is 39.0 Å². The maximum Gasteiger partial charge on any atom is 0.234 e. The zero-order chi connectivity index (χ0) is 20.1. The molecule has 0 saturated carbocycles. The minimum Gasteiger partial charge on any atom is -0.381 e. The Bertz CT molecular complexity index is 787. The summed E-state index contributed by atoms with van der Waals surface area (Å²) in [6.45, 7) is 5.91. The van der Waals surface area contributed by atoms with E-state index in [2.05, 4.69) is 71.7 Å².